The quantitative estimate of drug-likeness (QED) is 0.862. The fourth-order valence-electron chi connectivity index (χ4n) is 2.41. The van der Waals surface area contributed by atoms with E-state index in [1.807, 2.05) is 6.07 Å². The van der Waals surface area contributed by atoms with Gasteiger partial charge in [0.15, 0.2) is 0 Å². The monoisotopic (exact) mass is 329 g/mol. The van der Waals surface area contributed by atoms with Crippen LogP contribution in [0.15, 0.2) is 34.7 Å². The summed E-state index contributed by atoms with van der Waals surface area (Å²) in [6.07, 6.45) is 0.215. The van der Waals surface area contributed by atoms with Crippen molar-refractivity contribution < 1.29 is 21.6 Å². The van der Waals surface area contributed by atoms with Crippen LogP contribution >= 0.6 is 0 Å². The second-order valence-electron chi connectivity index (χ2n) is 5.20. The lowest BCUT2D eigenvalue weighted by molar-refractivity contribution is 0.0167. The first-order valence-corrected chi connectivity index (χ1v) is 8.35. The maximum absolute atomic E-state index is 13.6. The molecule has 0 N–H and O–H groups in total. The van der Waals surface area contributed by atoms with Crippen LogP contribution in [-0.4, -0.2) is 41.6 Å². The molecule has 1 aromatic heterocycles. The molecule has 1 aromatic carbocycles. The topological polar surface area (TPSA) is 76.3 Å². The van der Waals surface area contributed by atoms with Gasteiger partial charge >= 0.3 is 0 Å². The number of halogens is 2. The van der Waals surface area contributed by atoms with Gasteiger partial charge in [0.05, 0.1) is 12.8 Å². The van der Waals surface area contributed by atoms with E-state index in [-0.39, 0.29) is 11.8 Å². The molecule has 3 rings (SSSR count). The molecule has 22 heavy (non-hydrogen) atoms. The van der Waals surface area contributed by atoms with Crippen LogP contribution in [0.5, 0.6) is 0 Å². The van der Waals surface area contributed by atoms with Crippen LogP contribution in [0, 0.1) is 0 Å². The lowest BCUT2D eigenvalue weighted by Gasteiger charge is -2.17. The van der Waals surface area contributed by atoms with Gasteiger partial charge in [-0.15, -0.1) is 10.2 Å². The van der Waals surface area contributed by atoms with Gasteiger partial charge in [0.2, 0.25) is 21.8 Å². The van der Waals surface area contributed by atoms with Crippen LogP contribution in [0.4, 0.5) is 8.78 Å². The first kappa shape index (κ1) is 15.0. The largest absolute Gasteiger partial charge is 0.419 e. The number of hydrogen-bond acceptors (Lipinski definition) is 5. The van der Waals surface area contributed by atoms with Crippen molar-refractivity contribution in [3.8, 4) is 11.5 Å². The van der Waals surface area contributed by atoms with E-state index >= 15 is 0 Å². The second kappa shape index (κ2) is 5.10. The predicted octanol–water partition coefficient (Wildman–Crippen LogP) is 2.08. The maximum Gasteiger partial charge on any atom is 0.263 e. The van der Waals surface area contributed by atoms with Gasteiger partial charge in [0.1, 0.15) is 6.04 Å². The molecule has 1 saturated heterocycles. The van der Waals surface area contributed by atoms with E-state index in [0.29, 0.717) is 9.87 Å². The van der Waals surface area contributed by atoms with Crippen LogP contribution in [0.2, 0.25) is 0 Å². The molecule has 0 bridgehead atoms. The minimum Gasteiger partial charge on any atom is -0.419 e. The molecular formula is C13H13F2N3O3S. The number of sulfonamides is 1. The number of hydrogen-bond donors (Lipinski definition) is 0. The zero-order valence-electron chi connectivity index (χ0n) is 11.6. The van der Waals surface area contributed by atoms with E-state index in [9.17, 15) is 17.2 Å². The molecule has 9 heteroatoms. The van der Waals surface area contributed by atoms with Crippen LogP contribution in [0.1, 0.15) is 18.4 Å². The molecular weight excluding hydrogens is 316 g/mol. The summed E-state index contributed by atoms with van der Waals surface area (Å²) in [6, 6.07) is 7.67. The molecule has 118 valence electrons. The molecule has 0 saturated carbocycles. The van der Waals surface area contributed by atoms with Crippen molar-refractivity contribution in [3.05, 3.63) is 36.2 Å². The van der Waals surface area contributed by atoms with Gasteiger partial charge in [0, 0.05) is 12.0 Å². The Labute approximate surface area is 125 Å². The number of alkyl halides is 2. The van der Waals surface area contributed by atoms with Crippen molar-refractivity contribution in [1.29, 1.82) is 0 Å². The normalized spacial score (nSPS) is 22.0. The van der Waals surface area contributed by atoms with Crippen molar-refractivity contribution in [1.82, 2.24) is 14.5 Å². The lowest BCUT2D eigenvalue weighted by Crippen LogP contribution is -2.32. The van der Waals surface area contributed by atoms with Crippen molar-refractivity contribution in [2.75, 3.05) is 12.8 Å². The van der Waals surface area contributed by atoms with E-state index < -0.39 is 35.0 Å². The zero-order chi connectivity index (χ0) is 16.0. The first-order valence-electron chi connectivity index (χ1n) is 6.50. The van der Waals surface area contributed by atoms with Crippen molar-refractivity contribution in [2.45, 2.75) is 18.4 Å². The van der Waals surface area contributed by atoms with Crippen LogP contribution in [-0.2, 0) is 10.0 Å². The summed E-state index contributed by atoms with van der Waals surface area (Å²) in [5, 5.41) is 7.56. The molecule has 0 spiro atoms. The zero-order valence-corrected chi connectivity index (χ0v) is 12.4. The fraction of sp³-hybridized carbons (Fsp3) is 0.385. The molecule has 0 radical (unpaired) electrons. The van der Waals surface area contributed by atoms with Crippen molar-refractivity contribution in [3.63, 3.8) is 0 Å². The number of benzene rings is 1. The van der Waals surface area contributed by atoms with Gasteiger partial charge in [0.25, 0.3) is 5.92 Å². The summed E-state index contributed by atoms with van der Waals surface area (Å²) in [7, 11) is -3.80. The molecule has 1 aliphatic heterocycles. The molecule has 0 unspecified atom stereocenters. The van der Waals surface area contributed by atoms with E-state index in [1.54, 1.807) is 24.3 Å². The lowest BCUT2D eigenvalue weighted by atomic mass is 10.2. The molecule has 6 nitrogen and oxygen atoms in total. The van der Waals surface area contributed by atoms with Gasteiger partial charge in [-0.2, -0.15) is 4.31 Å². The molecule has 0 aliphatic carbocycles. The maximum atomic E-state index is 13.6. The van der Waals surface area contributed by atoms with Crippen molar-refractivity contribution >= 4 is 10.0 Å². The fourth-order valence-corrected chi connectivity index (χ4v) is 3.46. The molecule has 2 heterocycles. The Bertz CT molecular complexity index is 777. The predicted molar refractivity (Wildman–Crippen MR) is 73.6 cm³/mol. The standard InChI is InChI=1S/C13H13F2N3O3S/c1-22(19,20)18-8-13(14,15)7-10(18)12-17-16-11(21-12)9-5-3-2-4-6-9/h2-6,10H,7-8H2,1H3/t10-/m0/s1. The third-order valence-electron chi connectivity index (χ3n) is 3.40. The highest BCUT2D eigenvalue weighted by Gasteiger charge is 2.51. The van der Waals surface area contributed by atoms with Gasteiger partial charge in [-0.1, -0.05) is 18.2 Å². The summed E-state index contributed by atoms with van der Waals surface area (Å²) >= 11 is 0. The summed E-state index contributed by atoms with van der Waals surface area (Å²) in [5.74, 6) is -3.07. The number of rotatable bonds is 3. The number of nitrogens with zero attached hydrogens (tertiary/aromatic N) is 3. The highest BCUT2D eigenvalue weighted by molar-refractivity contribution is 7.88. The van der Waals surface area contributed by atoms with E-state index in [4.69, 9.17) is 4.42 Å². The summed E-state index contributed by atoms with van der Waals surface area (Å²) in [4.78, 5) is 0. The Balaban J connectivity index is 1.95. The highest BCUT2D eigenvalue weighted by Crippen LogP contribution is 2.42. The average Bonchev–Trinajstić information content (AvgIpc) is 3.03. The molecule has 0 amide bonds. The van der Waals surface area contributed by atoms with E-state index in [1.165, 1.54) is 0 Å². The Morgan fingerprint density at radius 3 is 2.59 bits per heavy atom. The third-order valence-corrected chi connectivity index (χ3v) is 4.63. The molecule has 1 atom stereocenters. The first-order chi connectivity index (χ1) is 10.3. The summed E-state index contributed by atoms with van der Waals surface area (Å²) in [5.41, 5.74) is 0.636. The SMILES string of the molecule is CS(=O)(=O)N1CC(F)(F)C[C@H]1c1nnc(-c2ccccc2)o1. The minimum atomic E-state index is -3.80. The Morgan fingerprint density at radius 2 is 1.95 bits per heavy atom. The summed E-state index contributed by atoms with van der Waals surface area (Å²) < 4.78 is 56.7. The van der Waals surface area contributed by atoms with Gasteiger partial charge in [-0.05, 0) is 12.1 Å². The van der Waals surface area contributed by atoms with Crippen molar-refractivity contribution in [2.24, 2.45) is 0 Å². The smallest absolute Gasteiger partial charge is 0.263 e. The molecule has 1 aliphatic rings. The Morgan fingerprint density at radius 1 is 1.27 bits per heavy atom. The van der Waals surface area contributed by atoms with Crippen LogP contribution in [0.25, 0.3) is 11.5 Å². The summed E-state index contributed by atoms with van der Waals surface area (Å²) in [6.45, 7) is -0.875. The molecule has 1 fully saturated rings. The third kappa shape index (κ3) is 2.86. The van der Waals surface area contributed by atoms with E-state index in [2.05, 4.69) is 10.2 Å². The number of aromatic nitrogens is 2. The van der Waals surface area contributed by atoms with E-state index in [0.717, 1.165) is 6.26 Å². The average molecular weight is 329 g/mol. The van der Waals surface area contributed by atoms with Crippen LogP contribution < -0.4 is 0 Å². The van der Waals surface area contributed by atoms with Crippen LogP contribution in [0.3, 0.4) is 0 Å². The minimum absolute atomic E-state index is 0.124. The van der Waals surface area contributed by atoms with Gasteiger partial charge < -0.3 is 4.42 Å². The Kier molecular flexibility index (Phi) is 3.48. The second-order valence-corrected chi connectivity index (χ2v) is 7.13. The highest BCUT2D eigenvalue weighted by atomic mass is 32.2. The van der Waals surface area contributed by atoms with Gasteiger partial charge in [-0.3, -0.25) is 0 Å². The Hall–Kier alpha value is -1.87. The van der Waals surface area contributed by atoms with Gasteiger partial charge in [-0.25, -0.2) is 17.2 Å². The molecule has 2 aromatic rings.